The highest BCUT2D eigenvalue weighted by molar-refractivity contribution is 5.95. The summed E-state index contributed by atoms with van der Waals surface area (Å²) in [5.74, 6) is 0.797. The van der Waals surface area contributed by atoms with E-state index in [0.29, 0.717) is 5.92 Å². The van der Waals surface area contributed by atoms with E-state index in [-0.39, 0.29) is 5.91 Å². The lowest BCUT2D eigenvalue weighted by molar-refractivity contribution is 0.0773. The molecule has 19 heavy (non-hydrogen) atoms. The molecule has 0 saturated heterocycles. The van der Waals surface area contributed by atoms with E-state index in [1.165, 1.54) is 0 Å². The Hall–Kier alpha value is -1.51. The molecule has 0 bridgehead atoms. The summed E-state index contributed by atoms with van der Waals surface area (Å²) in [6, 6.07) is 7.78. The van der Waals surface area contributed by atoms with Gasteiger partial charge in [0.05, 0.1) is 0 Å². The number of nitrogens with zero attached hydrogens (tertiary/aromatic N) is 1. The van der Waals surface area contributed by atoms with Crippen molar-refractivity contribution in [3.63, 3.8) is 0 Å². The highest BCUT2D eigenvalue weighted by atomic mass is 16.2. The molecule has 1 amide bonds. The summed E-state index contributed by atoms with van der Waals surface area (Å²) < 4.78 is 0. The molecule has 3 nitrogen and oxygen atoms in total. The zero-order valence-corrected chi connectivity index (χ0v) is 12.6. The zero-order chi connectivity index (χ0) is 14.3. The normalized spacial score (nSPS) is 10.6. The smallest absolute Gasteiger partial charge is 0.253 e. The Morgan fingerprint density at radius 3 is 2.53 bits per heavy atom. The summed E-state index contributed by atoms with van der Waals surface area (Å²) in [5.41, 5.74) is 1.79. The molecular weight excluding hydrogens is 236 g/mol. The van der Waals surface area contributed by atoms with Crippen molar-refractivity contribution in [3.8, 4) is 0 Å². The predicted octanol–water partition coefficient (Wildman–Crippen LogP) is 3.63. The van der Waals surface area contributed by atoms with Gasteiger partial charge in [-0.3, -0.25) is 4.79 Å². The maximum Gasteiger partial charge on any atom is 0.253 e. The summed E-state index contributed by atoms with van der Waals surface area (Å²) >= 11 is 0. The van der Waals surface area contributed by atoms with Gasteiger partial charge in [-0.05, 0) is 44.4 Å². The first-order chi connectivity index (χ1) is 9.08. The van der Waals surface area contributed by atoms with E-state index < -0.39 is 0 Å². The van der Waals surface area contributed by atoms with Crippen molar-refractivity contribution < 1.29 is 4.79 Å². The fourth-order valence-electron chi connectivity index (χ4n) is 1.96. The summed E-state index contributed by atoms with van der Waals surface area (Å²) in [4.78, 5) is 14.1. The van der Waals surface area contributed by atoms with E-state index in [1.807, 2.05) is 43.0 Å². The maximum atomic E-state index is 12.2. The van der Waals surface area contributed by atoms with E-state index in [1.54, 1.807) is 0 Å². The molecule has 0 atom stereocenters. The van der Waals surface area contributed by atoms with Crippen LogP contribution in [0.4, 0.5) is 5.69 Å². The maximum absolute atomic E-state index is 12.2. The Balaban J connectivity index is 2.68. The van der Waals surface area contributed by atoms with Gasteiger partial charge < -0.3 is 10.2 Å². The lowest BCUT2D eigenvalue weighted by Gasteiger charge is -2.19. The largest absolute Gasteiger partial charge is 0.385 e. The van der Waals surface area contributed by atoms with Gasteiger partial charge in [0, 0.05) is 30.9 Å². The number of nitrogens with one attached hydrogen (secondary N) is 1. The van der Waals surface area contributed by atoms with E-state index in [9.17, 15) is 4.79 Å². The summed E-state index contributed by atoms with van der Waals surface area (Å²) in [6.45, 7) is 10.9. The number of carbonyl (C=O) groups excluding carboxylic acids is 1. The van der Waals surface area contributed by atoms with Gasteiger partial charge in [-0.1, -0.05) is 19.9 Å². The monoisotopic (exact) mass is 262 g/mol. The molecule has 0 aromatic heterocycles. The van der Waals surface area contributed by atoms with Crippen LogP contribution in [-0.2, 0) is 0 Å². The third kappa shape index (κ3) is 4.93. The second-order valence-electron chi connectivity index (χ2n) is 5.17. The first-order valence-electron chi connectivity index (χ1n) is 7.21. The van der Waals surface area contributed by atoms with Crippen molar-refractivity contribution in [2.45, 2.75) is 34.1 Å². The van der Waals surface area contributed by atoms with Crippen molar-refractivity contribution in [2.75, 3.05) is 25.0 Å². The number of amides is 1. The van der Waals surface area contributed by atoms with E-state index in [0.717, 1.165) is 37.3 Å². The molecule has 0 fully saturated rings. The van der Waals surface area contributed by atoms with E-state index in [2.05, 4.69) is 19.2 Å². The van der Waals surface area contributed by atoms with Crippen molar-refractivity contribution in [2.24, 2.45) is 5.92 Å². The standard InChI is InChI=1S/C16H26N2O/c1-5-18(6-2)16(19)14-8-7-9-15(12-14)17-11-10-13(3)4/h7-9,12-13,17H,5-6,10-11H2,1-4H3. The van der Waals surface area contributed by atoms with Crippen LogP contribution in [0.25, 0.3) is 0 Å². The Kier molecular flexibility index (Phi) is 6.40. The van der Waals surface area contributed by atoms with Gasteiger partial charge in [0.15, 0.2) is 0 Å². The van der Waals surface area contributed by atoms with Crippen LogP contribution in [0.2, 0.25) is 0 Å². The van der Waals surface area contributed by atoms with Gasteiger partial charge in [-0.15, -0.1) is 0 Å². The van der Waals surface area contributed by atoms with Gasteiger partial charge in [0.2, 0.25) is 0 Å². The van der Waals surface area contributed by atoms with Crippen LogP contribution in [0.1, 0.15) is 44.5 Å². The van der Waals surface area contributed by atoms with Crippen LogP contribution in [-0.4, -0.2) is 30.4 Å². The van der Waals surface area contributed by atoms with E-state index in [4.69, 9.17) is 0 Å². The quantitative estimate of drug-likeness (QED) is 0.814. The summed E-state index contributed by atoms with van der Waals surface area (Å²) in [5, 5.41) is 3.38. The average Bonchev–Trinajstić information content (AvgIpc) is 2.40. The minimum absolute atomic E-state index is 0.109. The van der Waals surface area contributed by atoms with Crippen LogP contribution in [0.5, 0.6) is 0 Å². The SMILES string of the molecule is CCN(CC)C(=O)c1cccc(NCCC(C)C)c1. The Bertz CT molecular complexity index is 397. The topological polar surface area (TPSA) is 32.3 Å². The van der Waals surface area contributed by atoms with Crippen LogP contribution in [0.15, 0.2) is 24.3 Å². The molecule has 0 aliphatic carbocycles. The number of hydrogen-bond donors (Lipinski definition) is 1. The van der Waals surface area contributed by atoms with E-state index >= 15 is 0 Å². The van der Waals surface area contributed by atoms with Gasteiger partial charge in [0.1, 0.15) is 0 Å². The zero-order valence-electron chi connectivity index (χ0n) is 12.6. The van der Waals surface area contributed by atoms with Gasteiger partial charge in [-0.25, -0.2) is 0 Å². The second kappa shape index (κ2) is 7.82. The molecule has 0 saturated carbocycles. The fourth-order valence-corrected chi connectivity index (χ4v) is 1.96. The Morgan fingerprint density at radius 1 is 1.26 bits per heavy atom. The number of benzene rings is 1. The molecule has 0 heterocycles. The third-order valence-electron chi connectivity index (χ3n) is 3.21. The number of carbonyl (C=O) groups is 1. The van der Waals surface area contributed by atoms with Gasteiger partial charge >= 0.3 is 0 Å². The van der Waals surface area contributed by atoms with Gasteiger partial charge in [-0.2, -0.15) is 0 Å². The van der Waals surface area contributed by atoms with Crippen LogP contribution < -0.4 is 5.32 Å². The first-order valence-corrected chi connectivity index (χ1v) is 7.21. The summed E-state index contributed by atoms with van der Waals surface area (Å²) in [7, 11) is 0. The number of hydrogen-bond acceptors (Lipinski definition) is 2. The Labute approximate surface area is 117 Å². The molecule has 0 radical (unpaired) electrons. The minimum Gasteiger partial charge on any atom is -0.385 e. The Morgan fingerprint density at radius 2 is 1.95 bits per heavy atom. The molecular formula is C16H26N2O. The molecule has 0 aliphatic rings. The lowest BCUT2D eigenvalue weighted by atomic mass is 10.1. The third-order valence-corrected chi connectivity index (χ3v) is 3.21. The average molecular weight is 262 g/mol. The molecule has 0 aliphatic heterocycles. The van der Waals surface area contributed by atoms with Crippen LogP contribution in [0.3, 0.4) is 0 Å². The number of anilines is 1. The molecule has 106 valence electrons. The fraction of sp³-hybridized carbons (Fsp3) is 0.562. The van der Waals surface area contributed by atoms with Crippen molar-refractivity contribution >= 4 is 11.6 Å². The minimum atomic E-state index is 0.109. The van der Waals surface area contributed by atoms with Crippen LogP contribution in [0, 0.1) is 5.92 Å². The summed E-state index contributed by atoms with van der Waals surface area (Å²) in [6.07, 6.45) is 1.13. The van der Waals surface area contributed by atoms with Crippen LogP contribution >= 0.6 is 0 Å². The molecule has 1 aromatic rings. The molecule has 3 heteroatoms. The first kappa shape index (κ1) is 15.5. The van der Waals surface area contributed by atoms with Gasteiger partial charge in [0.25, 0.3) is 5.91 Å². The molecule has 0 spiro atoms. The van der Waals surface area contributed by atoms with Crippen molar-refractivity contribution in [1.29, 1.82) is 0 Å². The molecule has 0 unspecified atom stereocenters. The molecule has 1 aromatic carbocycles. The second-order valence-corrected chi connectivity index (χ2v) is 5.17. The molecule has 1 N–H and O–H groups in total. The highest BCUT2D eigenvalue weighted by Crippen LogP contribution is 2.13. The number of rotatable bonds is 7. The van der Waals surface area contributed by atoms with Crippen molar-refractivity contribution in [1.82, 2.24) is 4.90 Å². The van der Waals surface area contributed by atoms with Crippen molar-refractivity contribution in [3.05, 3.63) is 29.8 Å². The highest BCUT2D eigenvalue weighted by Gasteiger charge is 2.12. The lowest BCUT2D eigenvalue weighted by Crippen LogP contribution is -2.30. The molecule has 1 rings (SSSR count). The predicted molar refractivity (Wildman–Crippen MR) is 81.6 cm³/mol.